The SMILES string of the molecule is C=CCCCNCc1cn(C)nc1CC. The highest BCUT2D eigenvalue weighted by Crippen LogP contribution is 2.06. The Morgan fingerprint density at radius 3 is 3.07 bits per heavy atom. The van der Waals surface area contributed by atoms with Crippen molar-refractivity contribution in [2.75, 3.05) is 6.54 Å². The Kier molecular flexibility index (Phi) is 5.12. The van der Waals surface area contributed by atoms with Crippen LogP contribution in [0.1, 0.15) is 31.0 Å². The van der Waals surface area contributed by atoms with E-state index in [0.29, 0.717) is 0 Å². The first-order chi connectivity index (χ1) is 7.27. The van der Waals surface area contributed by atoms with Gasteiger partial charge in [0.2, 0.25) is 0 Å². The fraction of sp³-hybridized carbons (Fsp3) is 0.583. The Morgan fingerprint density at radius 2 is 2.40 bits per heavy atom. The van der Waals surface area contributed by atoms with Gasteiger partial charge in [-0.2, -0.15) is 5.10 Å². The van der Waals surface area contributed by atoms with Crippen molar-refractivity contribution in [2.24, 2.45) is 7.05 Å². The number of nitrogens with one attached hydrogen (secondary N) is 1. The van der Waals surface area contributed by atoms with Crippen LogP contribution in [0, 0.1) is 0 Å². The predicted molar refractivity (Wildman–Crippen MR) is 63.7 cm³/mol. The summed E-state index contributed by atoms with van der Waals surface area (Å²) in [6.45, 7) is 7.82. The van der Waals surface area contributed by atoms with Gasteiger partial charge in [-0.3, -0.25) is 4.68 Å². The van der Waals surface area contributed by atoms with Crippen molar-refractivity contribution in [3.05, 3.63) is 30.1 Å². The number of aromatic nitrogens is 2. The average molecular weight is 207 g/mol. The first kappa shape index (κ1) is 12.0. The molecular weight excluding hydrogens is 186 g/mol. The zero-order valence-corrected chi connectivity index (χ0v) is 9.79. The van der Waals surface area contributed by atoms with Crippen LogP contribution in [0.4, 0.5) is 0 Å². The molecule has 0 aromatic carbocycles. The summed E-state index contributed by atoms with van der Waals surface area (Å²) in [6.07, 6.45) is 7.30. The summed E-state index contributed by atoms with van der Waals surface area (Å²) in [4.78, 5) is 0. The van der Waals surface area contributed by atoms with Gasteiger partial charge >= 0.3 is 0 Å². The molecule has 0 radical (unpaired) electrons. The van der Waals surface area contributed by atoms with Crippen LogP contribution in [0.2, 0.25) is 0 Å². The normalized spacial score (nSPS) is 10.5. The molecule has 1 heterocycles. The van der Waals surface area contributed by atoms with Gasteiger partial charge in [0, 0.05) is 25.4 Å². The maximum Gasteiger partial charge on any atom is 0.0666 e. The van der Waals surface area contributed by atoms with Gasteiger partial charge in [-0.15, -0.1) is 6.58 Å². The molecule has 0 aliphatic carbocycles. The molecule has 3 heteroatoms. The molecule has 1 aromatic rings. The number of allylic oxidation sites excluding steroid dienone is 1. The first-order valence-corrected chi connectivity index (χ1v) is 5.61. The molecule has 0 bridgehead atoms. The molecule has 0 atom stereocenters. The van der Waals surface area contributed by atoms with Gasteiger partial charge in [0.05, 0.1) is 5.69 Å². The first-order valence-electron chi connectivity index (χ1n) is 5.61. The van der Waals surface area contributed by atoms with E-state index in [1.807, 2.05) is 17.8 Å². The third-order valence-electron chi connectivity index (χ3n) is 2.40. The number of rotatable bonds is 7. The van der Waals surface area contributed by atoms with Crippen LogP contribution in [0.15, 0.2) is 18.9 Å². The largest absolute Gasteiger partial charge is 0.313 e. The Morgan fingerprint density at radius 1 is 1.60 bits per heavy atom. The molecule has 1 aromatic heterocycles. The number of hydrogen-bond acceptors (Lipinski definition) is 2. The topological polar surface area (TPSA) is 29.9 Å². The fourth-order valence-corrected chi connectivity index (χ4v) is 1.62. The lowest BCUT2D eigenvalue weighted by molar-refractivity contribution is 0.652. The summed E-state index contributed by atoms with van der Waals surface area (Å²) < 4.78 is 1.89. The highest BCUT2D eigenvalue weighted by atomic mass is 15.3. The van der Waals surface area contributed by atoms with Crippen LogP contribution < -0.4 is 5.32 Å². The van der Waals surface area contributed by atoms with Gasteiger partial charge in [0.15, 0.2) is 0 Å². The second kappa shape index (κ2) is 6.40. The van der Waals surface area contributed by atoms with Crippen molar-refractivity contribution in [2.45, 2.75) is 32.7 Å². The number of aryl methyl sites for hydroxylation is 2. The molecule has 1 N–H and O–H groups in total. The number of unbranched alkanes of at least 4 members (excludes halogenated alkanes) is 1. The molecule has 15 heavy (non-hydrogen) atoms. The van der Waals surface area contributed by atoms with Gasteiger partial charge in [0.1, 0.15) is 0 Å². The summed E-state index contributed by atoms with van der Waals surface area (Å²) in [5.74, 6) is 0. The zero-order chi connectivity index (χ0) is 11.1. The Balaban J connectivity index is 2.32. The molecule has 0 aliphatic heterocycles. The molecule has 0 saturated heterocycles. The van der Waals surface area contributed by atoms with Crippen molar-refractivity contribution in [3.8, 4) is 0 Å². The Hall–Kier alpha value is -1.09. The molecule has 0 saturated carbocycles. The second-order valence-electron chi connectivity index (χ2n) is 3.74. The Bertz CT molecular complexity index is 302. The number of hydrogen-bond donors (Lipinski definition) is 1. The van der Waals surface area contributed by atoms with Crippen molar-refractivity contribution in [1.29, 1.82) is 0 Å². The minimum Gasteiger partial charge on any atom is -0.313 e. The third kappa shape index (κ3) is 3.88. The molecule has 3 nitrogen and oxygen atoms in total. The summed E-state index contributed by atoms with van der Waals surface area (Å²) in [6, 6.07) is 0. The van der Waals surface area contributed by atoms with Gasteiger partial charge < -0.3 is 5.32 Å². The molecular formula is C12H21N3. The van der Waals surface area contributed by atoms with Crippen LogP contribution in [-0.2, 0) is 20.0 Å². The van der Waals surface area contributed by atoms with E-state index in [1.165, 1.54) is 11.3 Å². The lowest BCUT2D eigenvalue weighted by Gasteiger charge is -2.02. The van der Waals surface area contributed by atoms with E-state index in [4.69, 9.17) is 0 Å². The summed E-state index contributed by atoms with van der Waals surface area (Å²) >= 11 is 0. The molecule has 84 valence electrons. The van der Waals surface area contributed by atoms with Crippen LogP contribution >= 0.6 is 0 Å². The number of nitrogens with zero attached hydrogens (tertiary/aromatic N) is 2. The maximum absolute atomic E-state index is 4.40. The standard InChI is InChI=1S/C12H21N3/c1-4-6-7-8-13-9-11-10-15(3)14-12(11)5-2/h4,10,13H,1,5-9H2,2-3H3. The van der Waals surface area contributed by atoms with Gasteiger partial charge in [-0.25, -0.2) is 0 Å². The third-order valence-corrected chi connectivity index (χ3v) is 2.40. The second-order valence-corrected chi connectivity index (χ2v) is 3.74. The smallest absolute Gasteiger partial charge is 0.0666 e. The zero-order valence-electron chi connectivity index (χ0n) is 9.79. The van der Waals surface area contributed by atoms with Gasteiger partial charge in [-0.05, 0) is 25.8 Å². The average Bonchev–Trinajstić information content (AvgIpc) is 2.59. The van der Waals surface area contributed by atoms with E-state index < -0.39 is 0 Å². The van der Waals surface area contributed by atoms with E-state index in [2.05, 4.69) is 30.1 Å². The van der Waals surface area contributed by atoms with E-state index in [9.17, 15) is 0 Å². The van der Waals surface area contributed by atoms with E-state index in [0.717, 1.165) is 32.4 Å². The van der Waals surface area contributed by atoms with E-state index in [-0.39, 0.29) is 0 Å². The minimum absolute atomic E-state index is 0.925. The van der Waals surface area contributed by atoms with Crippen LogP contribution in [-0.4, -0.2) is 16.3 Å². The molecule has 0 aliphatic rings. The highest BCUT2D eigenvalue weighted by Gasteiger charge is 2.04. The van der Waals surface area contributed by atoms with Crippen molar-refractivity contribution in [1.82, 2.24) is 15.1 Å². The summed E-state index contributed by atoms with van der Waals surface area (Å²) in [5.41, 5.74) is 2.52. The quantitative estimate of drug-likeness (QED) is 0.548. The summed E-state index contributed by atoms with van der Waals surface area (Å²) in [5, 5.41) is 7.83. The summed E-state index contributed by atoms with van der Waals surface area (Å²) in [7, 11) is 1.97. The molecule has 1 rings (SSSR count). The van der Waals surface area contributed by atoms with Gasteiger partial charge in [-0.1, -0.05) is 13.0 Å². The van der Waals surface area contributed by atoms with Crippen LogP contribution in [0.25, 0.3) is 0 Å². The minimum atomic E-state index is 0.925. The monoisotopic (exact) mass is 207 g/mol. The van der Waals surface area contributed by atoms with Crippen molar-refractivity contribution in [3.63, 3.8) is 0 Å². The van der Waals surface area contributed by atoms with E-state index in [1.54, 1.807) is 0 Å². The molecule has 0 spiro atoms. The van der Waals surface area contributed by atoms with Crippen LogP contribution in [0.3, 0.4) is 0 Å². The predicted octanol–water partition coefficient (Wildman–Crippen LogP) is 2.04. The maximum atomic E-state index is 4.40. The molecule has 0 unspecified atom stereocenters. The lowest BCUT2D eigenvalue weighted by atomic mass is 10.2. The lowest BCUT2D eigenvalue weighted by Crippen LogP contribution is -2.15. The highest BCUT2D eigenvalue weighted by molar-refractivity contribution is 5.16. The van der Waals surface area contributed by atoms with Crippen molar-refractivity contribution >= 4 is 0 Å². The van der Waals surface area contributed by atoms with Crippen LogP contribution in [0.5, 0.6) is 0 Å². The molecule has 0 fully saturated rings. The molecule has 0 amide bonds. The van der Waals surface area contributed by atoms with E-state index >= 15 is 0 Å². The Labute approximate surface area is 92.2 Å². The van der Waals surface area contributed by atoms with Gasteiger partial charge in [0.25, 0.3) is 0 Å². The fourth-order valence-electron chi connectivity index (χ4n) is 1.62. The van der Waals surface area contributed by atoms with Crippen molar-refractivity contribution < 1.29 is 0 Å².